The largest absolute Gasteiger partial charge is 0.357 e. The molecule has 0 unspecified atom stereocenters. The highest BCUT2D eigenvalue weighted by Gasteiger charge is 2.23. The molecule has 0 aliphatic carbocycles. The van der Waals surface area contributed by atoms with E-state index in [-0.39, 0.29) is 23.9 Å². The van der Waals surface area contributed by atoms with Gasteiger partial charge in [0.05, 0.1) is 0 Å². The Bertz CT molecular complexity index is 837. The SMILES string of the molecule is CN(C)C(=O)Cn1c2c(ccc1=O)CCN(C(=O)c1ccc[nH]1)CC2. The normalized spacial score (nSPS) is 13.9. The molecule has 0 saturated heterocycles. The first-order chi connectivity index (χ1) is 12.0. The fourth-order valence-corrected chi connectivity index (χ4v) is 3.08. The Morgan fingerprint density at radius 3 is 2.60 bits per heavy atom. The van der Waals surface area contributed by atoms with Crippen molar-refractivity contribution in [2.75, 3.05) is 27.2 Å². The Balaban J connectivity index is 1.85. The maximum absolute atomic E-state index is 12.5. The van der Waals surface area contributed by atoms with Gasteiger partial charge in [0.15, 0.2) is 0 Å². The van der Waals surface area contributed by atoms with E-state index >= 15 is 0 Å². The van der Waals surface area contributed by atoms with Gasteiger partial charge in [-0.3, -0.25) is 14.4 Å². The molecule has 7 heteroatoms. The van der Waals surface area contributed by atoms with Gasteiger partial charge < -0.3 is 19.4 Å². The number of hydrogen-bond donors (Lipinski definition) is 1. The van der Waals surface area contributed by atoms with E-state index in [0.29, 0.717) is 31.6 Å². The molecule has 0 atom stereocenters. The Morgan fingerprint density at radius 2 is 1.92 bits per heavy atom. The van der Waals surface area contributed by atoms with E-state index in [2.05, 4.69) is 4.98 Å². The number of nitrogens with zero attached hydrogens (tertiary/aromatic N) is 3. The van der Waals surface area contributed by atoms with Gasteiger partial charge in [-0.25, -0.2) is 0 Å². The van der Waals surface area contributed by atoms with E-state index in [1.54, 1.807) is 41.9 Å². The average molecular weight is 342 g/mol. The monoisotopic (exact) mass is 342 g/mol. The molecule has 2 aromatic rings. The minimum atomic E-state index is -0.182. The maximum Gasteiger partial charge on any atom is 0.270 e. The molecule has 0 spiro atoms. The second-order valence-corrected chi connectivity index (χ2v) is 6.39. The zero-order chi connectivity index (χ0) is 18.0. The number of rotatable bonds is 3. The van der Waals surface area contributed by atoms with E-state index in [0.717, 1.165) is 11.3 Å². The maximum atomic E-state index is 12.5. The minimum absolute atomic E-state index is 0.0274. The summed E-state index contributed by atoms with van der Waals surface area (Å²) in [5.41, 5.74) is 2.25. The van der Waals surface area contributed by atoms with Crippen LogP contribution >= 0.6 is 0 Å². The third kappa shape index (κ3) is 3.50. The highest BCUT2D eigenvalue weighted by atomic mass is 16.2. The molecule has 2 amide bonds. The van der Waals surface area contributed by atoms with Crippen molar-refractivity contribution in [3.63, 3.8) is 0 Å². The third-order valence-corrected chi connectivity index (χ3v) is 4.57. The van der Waals surface area contributed by atoms with Crippen LogP contribution in [0, 0.1) is 0 Å². The van der Waals surface area contributed by atoms with E-state index < -0.39 is 0 Å². The van der Waals surface area contributed by atoms with Gasteiger partial charge >= 0.3 is 0 Å². The number of aromatic nitrogens is 2. The minimum Gasteiger partial charge on any atom is -0.357 e. The molecule has 0 aromatic carbocycles. The molecule has 0 fully saturated rings. The number of nitrogens with one attached hydrogen (secondary N) is 1. The number of pyridine rings is 1. The zero-order valence-electron chi connectivity index (χ0n) is 14.5. The third-order valence-electron chi connectivity index (χ3n) is 4.57. The molecule has 0 saturated carbocycles. The summed E-state index contributed by atoms with van der Waals surface area (Å²) < 4.78 is 1.54. The van der Waals surface area contributed by atoms with Crippen LogP contribution in [-0.2, 0) is 24.2 Å². The Hall–Kier alpha value is -2.83. The van der Waals surface area contributed by atoms with Crippen LogP contribution in [0.3, 0.4) is 0 Å². The summed E-state index contributed by atoms with van der Waals surface area (Å²) in [7, 11) is 3.34. The molecular formula is C18H22N4O3. The lowest BCUT2D eigenvalue weighted by atomic mass is 10.1. The van der Waals surface area contributed by atoms with Gasteiger partial charge in [0, 0.05) is 51.6 Å². The van der Waals surface area contributed by atoms with Crippen LogP contribution in [0.2, 0.25) is 0 Å². The van der Waals surface area contributed by atoms with Crippen molar-refractivity contribution >= 4 is 11.8 Å². The van der Waals surface area contributed by atoms with Gasteiger partial charge in [0.25, 0.3) is 11.5 Å². The van der Waals surface area contributed by atoms with Crippen molar-refractivity contribution in [2.45, 2.75) is 19.4 Å². The molecule has 25 heavy (non-hydrogen) atoms. The number of hydrogen-bond acceptors (Lipinski definition) is 3. The molecule has 3 heterocycles. The van der Waals surface area contributed by atoms with Crippen molar-refractivity contribution in [3.05, 3.63) is 57.8 Å². The number of fused-ring (bicyclic) bond motifs is 1. The van der Waals surface area contributed by atoms with Crippen LogP contribution in [0.4, 0.5) is 0 Å². The number of carbonyl (C=O) groups excluding carboxylic acids is 2. The Labute approximate surface area is 145 Å². The number of carbonyl (C=O) groups is 2. The number of amides is 2. The predicted octanol–water partition coefficient (Wildman–Crippen LogP) is 0.506. The van der Waals surface area contributed by atoms with Gasteiger partial charge in [0.2, 0.25) is 5.91 Å². The molecule has 3 rings (SSSR count). The van der Waals surface area contributed by atoms with Crippen LogP contribution in [-0.4, -0.2) is 58.4 Å². The van der Waals surface area contributed by atoms with Gasteiger partial charge in [-0.1, -0.05) is 6.07 Å². The van der Waals surface area contributed by atoms with Crippen LogP contribution in [0.1, 0.15) is 21.7 Å². The van der Waals surface area contributed by atoms with Gasteiger partial charge in [-0.2, -0.15) is 0 Å². The summed E-state index contributed by atoms with van der Waals surface area (Å²) >= 11 is 0. The summed E-state index contributed by atoms with van der Waals surface area (Å²) in [6.07, 6.45) is 2.95. The molecule has 1 aliphatic rings. The highest BCUT2D eigenvalue weighted by molar-refractivity contribution is 5.92. The first-order valence-electron chi connectivity index (χ1n) is 8.32. The van der Waals surface area contributed by atoms with Crippen LogP contribution < -0.4 is 5.56 Å². The fraction of sp³-hybridized carbons (Fsp3) is 0.389. The summed E-state index contributed by atoms with van der Waals surface area (Å²) in [6.45, 7) is 1.13. The molecule has 7 nitrogen and oxygen atoms in total. The fourth-order valence-electron chi connectivity index (χ4n) is 3.08. The molecule has 0 radical (unpaired) electrons. The lowest BCUT2D eigenvalue weighted by Crippen LogP contribution is -2.35. The Kier molecular flexibility index (Phi) is 4.74. The van der Waals surface area contributed by atoms with Crippen molar-refractivity contribution in [1.29, 1.82) is 0 Å². The molecule has 132 valence electrons. The van der Waals surface area contributed by atoms with Crippen molar-refractivity contribution < 1.29 is 9.59 Å². The summed E-state index contributed by atoms with van der Waals surface area (Å²) in [5, 5.41) is 0. The van der Waals surface area contributed by atoms with Crippen molar-refractivity contribution in [3.8, 4) is 0 Å². The lowest BCUT2D eigenvalue weighted by Gasteiger charge is -2.19. The van der Waals surface area contributed by atoms with E-state index in [4.69, 9.17) is 0 Å². The summed E-state index contributed by atoms with van der Waals surface area (Å²) in [6, 6.07) is 6.87. The van der Waals surface area contributed by atoms with E-state index in [9.17, 15) is 14.4 Å². The first-order valence-corrected chi connectivity index (χ1v) is 8.32. The summed E-state index contributed by atoms with van der Waals surface area (Å²) in [5.74, 6) is -0.171. The quantitative estimate of drug-likeness (QED) is 0.883. The van der Waals surface area contributed by atoms with E-state index in [1.165, 1.54) is 11.0 Å². The number of aromatic amines is 1. The topological polar surface area (TPSA) is 78.4 Å². The summed E-state index contributed by atoms with van der Waals surface area (Å²) in [4.78, 5) is 43.1. The second kappa shape index (κ2) is 6.96. The number of H-pyrrole nitrogens is 1. The molecule has 2 aromatic heterocycles. The average Bonchev–Trinajstić information content (AvgIpc) is 3.03. The molecular weight excluding hydrogens is 320 g/mol. The van der Waals surface area contributed by atoms with Crippen LogP contribution in [0.25, 0.3) is 0 Å². The number of likely N-dealkylation sites (N-methyl/N-ethyl adjacent to an activating group) is 1. The molecule has 0 bridgehead atoms. The second-order valence-electron chi connectivity index (χ2n) is 6.39. The smallest absolute Gasteiger partial charge is 0.270 e. The van der Waals surface area contributed by atoms with Gasteiger partial charge in [-0.15, -0.1) is 0 Å². The van der Waals surface area contributed by atoms with Crippen molar-refractivity contribution in [1.82, 2.24) is 19.4 Å². The highest BCUT2D eigenvalue weighted by Crippen LogP contribution is 2.16. The zero-order valence-corrected chi connectivity index (χ0v) is 14.5. The lowest BCUT2D eigenvalue weighted by molar-refractivity contribution is -0.129. The standard InChI is InChI=1S/C18H22N4O3/c1-20(2)17(24)12-22-15-8-11-21(18(25)14-4-3-9-19-14)10-7-13(15)5-6-16(22)23/h3-6,9,19H,7-8,10-12H2,1-2H3. The van der Waals surface area contributed by atoms with Gasteiger partial charge in [-0.05, 0) is 24.1 Å². The van der Waals surface area contributed by atoms with Crippen molar-refractivity contribution in [2.24, 2.45) is 0 Å². The molecule has 1 aliphatic heterocycles. The van der Waals surface area contributed by atoms with Crippen LogP contribution in [0.15, 0.2) is 35.3 Å². The molecule has 1 N–H and O–H groups in total. The van der Waals surface area contributed by atoms with Crippen LogP contribution in [0.5, 0.6) is 0 Å². The van der Waals surface area contributed by atoms with E-state index in [1.807, 2.05) is 6.07 Å². The Morgan fingerprint density at radius 1 is 1.16 bits per heavy atom. The first kappa shape index (κ1) is 17.0. The predicted molar refractivity (Wildman–Crippen MR) is 93.5 cm³/mol. The van der Waals surface area contributed by atoms with Gasteiger partial charge in [0.1, 0.15) is 12.2 Å².